The van der Waals surface area contributed by atoms with Crippen molar-refractivity contribution in [3.63, 3.8) is 0 Å². The zero-order valence-corrected chi connectivity index (χ0v) is 10.1. The standard InChI is InChI=1S/C10H12N6O3/c1-6-4-12-9(19-6)5-13-10-7(16(17)18)2-3-8(14-10)15-11/h2-4H,5,11H2,1H3,(H2,13,14,15). The average molecular weight is 264 g/mol. The summed E-state index contributed by atoms with van der Waals surface area (Å²) in [5, 5.41) is 13.7. The number of nitrogen functional groups attached to an aromatic ring is 1. The van der Waals surface area contributed by atoms with Gasteiger partial charge in [0.25, 0.3) is 0 Å². The van der Waals surface area contributed by atoms with Crippen LogP contribution in [0.15, 0.2) is 22.7 Å². The van der Waals surface area contributed by atoms with Gasteiger partial charge in [-0.1, -0.05) is 0 Å². The molecule has 2 aromatic rings. The summed E-state index contributed by atoms with van der Waals surface area (Å²) in [5.74, 6) is 6.70. The lowest BCUT2D eigenvalue weighted by Crippen LogP contribution is -2.11. The van der Waals surface area contributed by atoms with Gasteiger partial charge in [-0.25, -0.2) is 15.8 Å². The molecule has 9 nitrogen and oxygen atoms in total. The van der Waals surface area contributed by atoms with Crippen molar-refractivity contribution >= 4 is 17.3 Å². The van der Waals surface area contributed by atoms with Crippen molar-refractivity contribution < 1.29 is 9.34 Å². The van der Waals surface area contributed by atoms with Gasteiger partial charge in [-0.05, 0) is 13.0 Å². The molecule has 0 bridgehead atoms. The SMILES string of the molecule is Cc1cnc(CNc2nc(NN)ccc2[N+](=O)[O-])o1. The molecule has 19 heavy (non-hydrogen) atoms. The molecule has 0 saturated heterocycles. The molecule has 2 aromatic heterocycles. The molecule has 4 N–H and O–H groups in total. The normalized spacial score (nSPS) is 10.2. The predicted octanol–water partition coefficient (Wildman–Crippen LogP) is 1.18. The van der Waals surface area contributed by atoms with Crippen LogP contribution in [0.4, 0.5) is 17.3 Å². The Bertz CT molecular complexity index is 597. The van der Waals surface area contributed by atoms with Crippen LogP contribution in [0.25, 0.3) is 0 Å². The van der Waals surface area contributed by atoms with Gasteiger partial charge in [0, 0.05) is 6.07 Å². The highest BCUT2D eigenvalue weighted by Gasteiger charge is 2.16. The molecule has 0 saturated carbocycles. The summed E-state index contributed by atoms with van der Waals surface area (Å²) in [4.78, 5) is 18.3. The summed E-state index contributed by atoms with van der Waals surface area (Å²) in [6.45, 7) is 1.95. The average Bonchev–Trinajstić information content (AvgIpc) is 2.81. The van der Waals surface area contributed by atoms with E-state index in [0.29, 0.717) is 17.5 Å². The first-order valence-electron chi connectivity index (χ1n) is 5.37. The fraction of sp³-hybridized carbons (Fsp3) is 0.200. The van der Waals surface area contributed by atoms with Crippen molar-refractivity contribution in [2.75, 3.05) is 10.7 Å². The Balaban J connectivity index is 2.19. The smallest absolute Gasteiger partial charge is 0.311 e. The molecule has 0 aromatic carbocycles. The number of oxazole rings is 1. The van der Waals surface area contributed by atoms with Crippen LogP contribution < -0.4 is 16.6 Å². The number of aromatic nitrogens is 2. The van der Waals surface area contributed by atoms with E-state index in [9.17, 15) is 10.1 Å². The second-order valence-corrected chi connectivity index (χ2v) is 3.68. The zero-order chi connectivity index (χ0) is 13.8. The van der Waals surface area contributed by atoms with Gasteiger partial charge >= 0.3 is 5.69 Å². The third kappa shape index (κ3) is 2.96. The molecule has 0 fully saturated rings. The number of nitrogens with one attached hydrogen (secondary N) is 2. The van der Waals surface area contributed by atoms with Crippen molar-refractivity contribution in [2.45, 2.75) is 13.5 Å². The number of rotatable bonds is 5. The first-order valence-corrected chi connectivity index (χ1v) is 5.37. The van der Waals surface area contributed by atoms with Crippen molar-refractivity contribution in [2.24, 2.45) is 5.84 Å². The van der Waals surface area contributed by atoms with E-state index in [2.05, 4.69) is 20.7 Å². The van der Waals surface area contributed by atoms with Crippen LogP contribution in [0.3, 0.4) is 0 Å². The van der Waals surface area contributed by atoms with Crippen LogP contribution >= 0.6 is 0 Å². The van der Waals surface area contributed by atoms with Crippen molar-refractivity contribution in [1.82, 2.24) is 9.97 Å². The molecule has 9 heteroatoms. The topological polar surface area (TPSA) is 132 Å². The summed E-state index contributed by atoms with van der Waals surface area (Å²) in [7, 11) is 0. The Morgan fingerprint density at radius 2 is 2.32 bits per heavy atom. The number of nitro groups is 1. The van der Waals surface area contributed by atoms with Gasteiger partial charge in [0.2, 0.25) is 11.7 Å². The molecule has 0 spiro atoms. The van der Waals surface area contributed by atoms with Crippen molar-refractivity contribution in [3.8, 4) is 0 Å². The van der Waals surface area contributed by atoms with Gasteiger partial charge in [-0.15, -0.1) is 0 Å². The number of hydrogen-bond acceptors (Lipinski definition) is 8. The van der Waals surface area contributed by atoms with E-state index in [4.69, 9.17) is 10.3 Å². The molecule has 2 rings (SSSR count). The van der Waals surface area contributed by atoms with E-state index in [1.54, 1.807) is 13.1 Å². The zero-order valence-electron chi connectivity index (χ0n) is 10.1. The lowest BCUT2D eigenvalue weighted by atomic mass is 10.3. The lowest BCUT2D eigenvalue weighted by molar-refractivity contribution is -0.384. The summed E-state index contributed by atoms with van der Waals surface area (Å²) in [6, 6.07) is 2.73. The number of aryl methyl sites for hydroxylation is 1. The van der Waals surface area contributed by atoms with Gasteiger partial charge in [0.15, 0.2) is 0 Å². The quantitative estimate of drug-likeness (QED) is 0.416. The first-order chi connectivity index (χ1) is 9.10. The maximum atomic E-state index is 10.9. The number of nitrogens with zero attached hydrogens (tertiary/aromatic N) is 3. The molecule has 0 atom stereocenters. The molecule has 0 unspecified atom stereocenters. The highest BCUT2D eigenvalue weighted by Crippen LogP contribution is 2.24. The molecule has 2 heterocycles. The third-order valence-electron chi connectivity index (χ3n) is 2.29. The van der Waals surface area contributed by atoms with Crippen LogP contribution in [0, 0.1) is 17.0 Å². The highest BCUT2D eigenvalue weighted by molar-refractivity contribution is 5.59. The number of nitrogens with two attached hydrogens (primary N) is 1. The Morgan fingerprint density at radius 1 is 1.53 bits per heavy atom. The molecular formula is C10H12N6O3. The molecular weight excluding hydrogens is 252 g/mol. The number of hydrogen-bond donors (Lipinski definition) is 3. The first kappa shape index (κ1) is 12.8. The van der Waals surface area contributed by atoms with E-state index >= 15 is 0 Å². The highest BCUT2D eigenvalue weighted by atomic mass is 16.6. The van der Waals surface area contributed by atoms with Crippen molar-refractivity contribution in [1.29, 1.82) is 0 Å². The Labute approximate surface area is 108 Å². The maximum absolute atomic E-state index is 10.9. The largest absolute Gasteiger partial charge is 0.444 e. The fourth-order valence-corrected chi connectivity index (χ4v) is 1.45. The minimum absolute atomic E-state index is 0.0938. The van der Waals surface area contributed by atoms with E-state index in [1.807, 2.05) is 0 Å². The monoisotopic (exact) mass is 264 g/mol. The number of pyridine rings is 1. The molecule has 0 aliphatic heterocycles. The molecule has 100 valence electrons. The lowest BCUT2D eigenvalue weighted by Gasteiger charge is -2.06. The summed E-state index contributed by atoms with van der Waals surface area (Å²) >= 11 is 0. The predicted molar refractivity (Wildman–Crippen MR) is 67.3 cm³/mol. The van der Waals surface area contributed by atoms with Crippen LogP contribution in [0.2, 0.25) is 0 Å². The maximum Gasteiger partial charge on any atom is 0.311 e. The summed E-state index contributed by atoms with van der Waals surface area (Å²) in [6.07, 6.45) is 1.57. The van der Waals surface area contributed by atoms with Crippen LogP contribution in [0.5, 0.6) is 0 Å². The van der Waals surface area contributed by atoms with Crippen LogP contribution in [-0.2, 0) is 6.54 Å². The fourth-order valence-electron chi connectivity index (χ4n) is 1.45. The Morgan fingerprint density at radius 3 is 2.89 bits per heavy atom. The van der Waals surface area contributed by atoms with E-state index in [1.165, 1.54) is 12.1 Å². The van der Waals surface area contributed by atoms with Crippen LogP contribution in [0.1, 0.15) is 11.7 Å². The van der Waals surface area contributed by atoms with E-state index in [-0.39, 0.29) is 18.1 Å². The van der Waals surface area contributed by atoms with Gasteiger partial charge in [-0.3, -0.25) is 10.1 Å². The Kier molecular flexibility index (Phi) is 3.57. The summed E-state index contributed by atoms with van der Waals surface area (Å²) < 4.78 is 5.25. The number of anilines is 2. The van der Waals surface area contributed by atoms with E-state index in [0.717, 1.165) is 0 Å². The molecule has 0 aliphatic carbocycles. The Hall–Kier alpha value is -2.68. The number of hydrazine groups is 1. The second kappa shape index (κ2) is 5.31. The second-order valence-electron chi connectivity index (χ2n) is 3.68. The van der Waals surface area contributed by atoms with Crippen molar-refractivity contribution in [3.05, 3.63) is 40.1 Å². The minimum atomic E-state index is -0.531. The molecule has 0 radical (unpaired) electrons. The van der Waals surface area contributed by atoms with Gasteiger partial charge in [0.1, 0.15) is 11.6 Å². The minimum Gasteiger partial charge on any atom is -0.444 e. The molecule has 0 aliphatic rings. The van der Waals surface area contributed by atoms with Crippen LogP contribution in [-0.4, -0.2) is 14.9 Å². The summed E-state index contributed by atoms with van der Waals surface area (Å²) in [5.41, 5.74) is 2.17. The van der Waals surface area contributed by atoms with Gasteiger partial charge < -0.3 is 15.2 Å². The third-order valence-corrected chi connectivity index (χ3v) is 2.29. The molecule has 0 amide bonds. The van der Waals surface area contributed by atoms with E-state index < -0.39 is 4.92 Å². The van der Waals surface area contributed by atoms with Gasteiger partial charge in [-0.2, -0.15) is 0 Å². The van der Waals surface area contributed by atoms with Gasteiger partial charge in [0.05, 0.1) is 17.7 Å².